The second-order valence-electron chi connectivity index (χ2n) is 5.31. The number of amides is 2. The van der Waals surface area contributed by atoms with Crippen LogP contribution in [0.2, 0.25) is 0 Å². The van der Waals surface area contributed by atoms with Gasteiger partial charge in [0.15, 0.2) is 0 Å². The average Bonchev–Trinajstić information content (AvgIpc) is 2.89. The molecule has 2 atom stereocenters. The van der Waals surface area contributed by atoms with Crippen molar-refractivity contribution in [2.24, 2.45) is 5.92 Å². The summed E-state index contributed by atoms with van der Waals surface area (Å²) in [7, 11) is 0. The number of aryl methyl sites for hydroxylation is 1. The van der Waals surface area contributed by atoms with Crippen LogP contribution in [0.25, 0.3) is 0 Å². The van der Waals surface area contributed by atoms with Crippen molar-refractivity contribution in [2.75, 3.05) is 19.6 Å². The molecule has 0 saturated carbocycles. The first kappa shape index (κ1) is 14.8. The van der Waals surface area contributed by atoms with Crippen LogP contribution in [-0.2, 0) is 13.0 Å². The zero-order valence-electron chi connectivity index (χ0n) is 12.1. The lowest BCUT2D eigenvalue weighted by Gasteiger charge is -2.34. The number of aromatic nitrogens is 3. The molecule has 1 aliphatic heterocycles. The predicted octanol–water partition coefficient (Wildman–Crippen LogP) is 0.253. The van der Waals surface area contributed by atoms with Gasteiger partial charge in [-0.15, -0.1) is 10.2 Å². The maximum absolute atomic E-state index is 12.0. The number of rotatable bonds is 4. The lowest BCUT2D eigenvalue weighted by Crippen LogP contribution is -2.50. The second kappa shape index (κ2) is 6.69. The molecule has 0 aliphatic carbocycles. The molecule has 2 heterocycles. The maximum Gasteiger partial charge on any atom is 0.317 e. The van der Waals surface area contributed by atoms with E-state index in [1.807, 2.05) is 18.4 Å². The molecule has 2 N–H and O–H groups in total. The van der Waals surface area contributed by atoms with Crippen LogP contribution in [0, 0.1) is 5.92 Å². The Morgan fingerprint density at radius 2 is 2.40 bits per heavy atom. The molecule has 1 aliphatic rings. The lowest BCUT2D eigenvalue weighted by atomic mass is 9.96. The van der Waals surface area contributed by atoms with E-state index in [-0.39, 0.29) is 11.9 Å². The minimum Gasteiger partial charge on any atom is -0.391 e. The molecule has 1 saturated heterocycles. The summed E-state index contributed by atoms with van der Waals surface area (Å²) in [4.78, 5) is 13.7. The standard InChI is InChI=1S/C13H23N5O2/c1-3-12-16-15-9-18(12)7-5-14-13(20)17-6-4-10(2)11(19)8-17/h9-11,19H,3-8H2,1-2H3,(H,14,20). The molecule has 20 heavy (non-hydrogen) atoms. The number of nitrogens with one attached hydrogen (secondary N) is 1. The van der Waals surface area contributed by atoms with Crippen molar-refractivity contribution in [3.63, 3.8) is 0 Å². The average molecular weight is 281 g/mol. The van der Waals surface area contributed by atoms with Crippen LogP contribution in [-0.4, -0.2) is 56.5 Å². The molecule has 0 aromatic carbocycles. The summed E-state index contributed by atoms with van der Waals surface area (Å²) in [5.41, 5.74) is 0. The van der Waals surface area contributed by atoms with Gasteiger partial charge in [0, 0.05) is 32.6 Å². The molecule has 112 valence electrons. The highest BCUT2D eigenvalue weighted by molar-refractivity contribution is 5.74. The number of β-amino-alcohol motifs (C(OH)–C–C–N with tert-alkyl or cyclic N) is 1. The third-order valence-electron chi connectivity index (χ3n) is 3.85. The van der Waals surface area contributed by atoms with E-state index in [0.717, 1.165) is 18.7 Å². The molecule has 1 aromatic rings. The van der Waals surface area contributed by atoms with Crippen molar-refractivity contribution < 1.29 is 9.90 Å². The molecule has 2 amide bonds. The Hall–Kier alpha value is -1.63. The Bertz CT molecular complexity index is 448. The highest BCUT2D eigenvalue weighted by atomic mass is 16.3. The van der Waals surface area contributed by atoms with Crippen LogP contribution in [0.3, 0.4) is 0 Å². The Kier molecular flexibility index (Phi) is 4.94. The van der Waals surface area contributed by atoms with E-state index >= 15 is 0 Å². The summed E-state index contributed by atoms with van der Waals surface area (Å²) in [6, 6.07) is -0.109. The number of likely N-dealkylation sites (tertiary alicyclic amines) is 1. The number of nitrogens with zero attached hydrogens (tertiary/aromatic N) is 4. The van der Waals surface area contributed by atoms with Gasteiger partial charge in [0.05, 0.1) is 6.10 Å². The van der Waals surface area contributed by atoms with Crippen molar-refractivity contribution in [1.29, 1.82) is 0 Å². The molecule has 7 heteroatoms. The highest BCUT2D eigenvalue weighted by Crippen LogP contribution is 2.16. The quantitative estimate of drug-likeness (QED) is 0.829. The van der Waals surface area contributed by atoms with Crippen LogP contribution >= 0.6 is 0 Å². The van der Waals surface area contributed by atoms with Crippen LogP contribution in [0.4, 0.5) is 4.79 Å². The lowest BCUT2D eigenvalue weighted by molar-refractivity contribution is 0.0436. The van der Waals surface area contributed by atoms with Gasteiger partial charge in [-0.25, -0.2) is 4.79 Å². The number of carbonyl (C=O) groups excluding carboxylic acids is 1. The predicted molar refractivity (Wildman–Crippen MR) is 74.2 cm³/mol. The molecule has 1 fully saturated rings. The second-order valence-corrected chi connectivity index (χ2v) is 5.31. The van der Waals surface area contributed by atoms with Crippen LogP contribution < -0.4 is 5.32 Å². The van der Waals surface area contributed by atoms with E-state index in [1.54, 1.807) is 11.2 Å². The van der Waals surface area contributed by atoms with Crippen molar-refractivity contribution in [3.8, 4) is 0 Å². The largest absolute Gasteiger partial charge is 0.391 e. The number of hydrogen-bond acceptors (Lipinski definition) is 4. The van der Waals surface area contributed by atoms with Gasteiger partial charge in [-0.05, 0) is 12.3 Å². The first-order valence-corrected chi connectivity index (χ1v) is 7.19. The van der Waals surface area contributed by atoms with Crippen molar-refractivity contribution >= 4 is 6.03 Å². The minimum absolute atomic E-state index is 0.109. The Labute approximate surface area is 119 Å². The van der Waals surface area contributed by atoms with Crippen molar-refractivity contribution in [1.82, 2.24) is 25.0 Å². The van der Waals surface area contributed by atoms with E-state index in [2.05, 4.69) is 15.5 Å². The van der Waals surface area contributed by atoms with Gasteiger partial charge in [0.2, 0.25) is 0 Å². The number of aliphatic hydroxyl groups is 1. The van der Waals surface area contributed by atoms with Gasteiger partial charge in [0.25, 0.3) is 0 Å². The zero-order chi connectivity index (χ0) is 14.5. The zero-order valence-corrected chi connectivity index (χ0v) is 12.1. The van der Waals surface area contributed by atoms with Gasteiger partial charge in [0.1, 0.15) is 12.2 Å². The summed E-state index contributed by atoms with van der Waals surface area (Å²) >= 11 is 0. The minimum atomic E-state index is -0.418. The molecule has 2 unspecified atom stereocenters. The summed E-state index contributed by atoms with van der Waals surface area (Å²) in [5.74, 6) is 1.18. The van der Waals surface area contributed by atoms with Gasteiger partial charge in [-0.2, -0.15) is 0 Å². The number of carbonyl (C=O) groups is 1. The molecule has 0 radical (unpaired) electrons. The molecular formula is C13H23N5O2. The van der Waals surface area contributed by atoms with E-state index < -0.39 is 6.10 Å². The SMILES string of the molecule is CCc1nncn1CCNC(=O)N1CCC(C)C(O)C1. The Morgan fingerprint density at radius 3 is 3.10 bits per heavy atom. The fourth-order valence-corrected chi connectivity index (χ4v) is 2.37. The third kappa shape index (κ3) is 3.47. The number of aliphatic hydroxyl groups excluding tert-OH is 1. The van der Waals surface area contributed by atoms with Gasteiger partial charge in [-0.3, -0.25) is 0 Å². The van der Waals surface area contributed by atoms with E-state index in [9.17, 15) is 9.90 Å². The molecule has 2 rings (SSSR count). The molecule has 1 aromatic heterocycles. The van der Waals surface area contributed by atoms with Gasteiger partial charge >= 0.3 is 6.03 Å². The number of piperidine rings is 1. The third-order valence-corrected chi connectivity index (χ3v) is 3.85. The summed E-state index contributed by atoms with van der Waals surface area (Å²) < 4.78 is 1.94. The summed E-state index contributed by atoms with van der Waals surface area (Å²) in [6.45, 7) is 6.35. The fraction of sp³-hybridized carbons (Fsp3) is 0.769. The first-order chi connectivity index (χ1) is 9.61. The number of hydrogen-bond donors (Lipinski definition) is 2. The smallest absolute Gasteiger partial charge is 0.317 e. The number of urea groups is 1. The summed E-state index contributed by atoms with van der Waals surface area (Å²) in [5, 5.41) is 20.5. The topological polar surface area (TPSA) is 83.3 Å². The first-order valence-electron chi connectivity index (χ1n) is 7.19. The molecule has 7 nitrogen and oxygen atoms in total. The monoisotopic (exact) mass is 281 g/mol. The van der Waals surface area contributed by atoms with E-state index in [4.69, 9.17) is 0 Å². The Balaban J connectivity index is 1.75. The van der Waals surface area contributed by atoms with Crippen molar-refractivity contribution in [2.45, 2.75) is 39.3 Å². The van der Waals surface area contributed by atoms with Gasteiger partial charge in [-0.1, -0.05) is 13.8 Å². The molecule has 0 spiro atoms. The normalized spacial score (nSPS) is 22.9. The van der Waals surface area contributed by atoms with Crippen LogP contribution in [0.1, 0.15) is 26.1 Å². The Morgan fingerprint density at radius 1 is 1.60 bits per heavy atom. The van der Waals surface area contributed by atoms with Crippen LogP contribution in [0.15, 0.2) is 6.33 Å². The van der Waals surface area contributed by atoms with Crippen molar-refractivity contribution in [3.05, 3.63) is 12.2 Å². The maximum atomic E-state index is 12.0. The molecule has 0 bridgehead atoms. The fourth-order valence-electron chi connectivity index (χ4n) is 2.37. The van der Waals surface area contributed by atoms with Crippen LogP contribution in [0.5, 0.6) is 0 Å². The van der Waals surface area contributed by atoms with E-state index in [1.165, 1.54) is 0 Å². The van der Waals surface area contributed by atoms with Gasteiger partial charge < -0.3 is 19.9 Å². The highest BCUT2D eigenvalue weighted by Gasteiger charge is 2.26. The summed E-state index contributed by atoms with van der Waals surface area (Å²) in [6.07, 6.45) is 2.93. The van der Waals surface area contributed by atoms with E-state index in [0.29, 0.717) is 26.2 Å². The molecular weight excluding hydrogens is 258 g/mol.